The van der Waals surface area contributed by atoms with Gasteiger partial charge in [-0.2, -0.15) is 0 Å². The number of anilines is 1. The summed E-state index contributed by atoms with van der Waals surface area (Å²) >= 11 is 0. The number of methoxy groups -OCH3 is 1. The summed E-state index contributed by atoms with van der Waals surface area (Å²) in [6.45, 7) is 3.50. The standard InChI is InChI=1S/C14H17FN2O3/c1-8(2)13-14(19)16-7-12(18)17(13)11-6-9(20-3)4-5-10(11)15/h4-6,8,13H,7H2,1-3H3,(H,16,19). The van der Waals surface area contributed by atoms with Crippen LogP contribution in [0.25, 0.3) is 0 Å². The molecule has 108 valence electrons. The average molecular weight is 280 g/mol. The first-order valence-electron chi connectivity index (χ1n) is 6.39. The highest BCUT2D eigenvalue weighted by atomic mass is 19.1. The lowest BCUT2D eigenvalue weighted by Crippen LogP contribution is -2.60. The molecule has 2 rings (SSSR count). The van der Waals surface area contributed by atoms with Crippen molar-refractivity contribution in [2.45, 2.75) is 19.9 Å². The molecule has 1 atom stereocenters. The first-order chi connectivity index (χ1) is 9.45. The number of carbonyl (C=O) groups is 2. The molecule has 1 heterocycles. The van der Waals surface area contributed by atoms with Gasteiger partial charge in [-0.05, 0) is 18.1 Å². The Kier molecular flexibility index (Phi) is 3.92. The SMILES string of the molecule is COc1ccc(F)c(N2C(=O)CNC(=O)C2C(C)C)c1. The highest BCUT2D eigenvalue weighted by Gasteiger charge is 2.38. The fourth-order valence-corrected chi connectivity index (χ4v) is 2.31. The predicted molar refractivity (Wildman–Crippen MR) is 72.1 cm³/mol. The van der Waals surface area contributed by atoms with Crippen molar-refractivity contribution in [3.8, 4) is 5.75 Å². The third kappa shape index (κ3) is 2.45. The van der Waals surface area contributed by atoms with Gasteiger partial charge in [0, 0.05) is 6.07 Å². The molecule has 0 saturated carbocycles. The summed E-state index contributed by atoms with van der Waals surface area (Å²) in [5.41, 5.74) is 0.0721. The molecule has 0 spiro atoms. The summed E-state index contributed by atoms with van der Waals surface area (Å²) < 4.78 is 19.1. The molecule has 5 nitrogen and oxygen atoms in total. The smallest absolute Gasteiger partial charge is 0.247 e. The third-order valence-electron chi connectivity index (χ3n) is 3.27. The number of ether oxygens (including phenoxy) is 1. The molecule has 1 N–H and O–H groups in total. The molecule has 1 aliphatic heterocycles. The van der Waals surface area contributed by atoms with Gasteiger partial charge >= 0.3 is 0 Å². The van der Waals surface area contributed by atoms with Gasteiger partial charge in [0.25, 0.3) is 0 Å². The molecule has 0 aromatic heterocycles. The zero-order chi connectivity index (χ0) is 14.9. The number of amides is 2. The van der Waals surface area contributed by atoms with Crippen molar-refractivity contribution in [3.05, 3.63) is 24.0 Å². The summed E-state index contributed by atoms with van der Waals surface area (Å²) in [5.74, 6) is -0.871. The number of halogens is 1. The molecule has 1 aromatic rings. The fourth-order valence-electron chi connectivity index (χ4n) is 2.31. The fraction of sp³-hybridized carbons (Fsp3) is 0.429. The summed E-state index contributed by atoms with van der Waals surface area (Å²) in [6.07, 6.45) is 0. The van der Waals surface area contributed by atoms with Gasteiger partial charge in [-0.3, -0.25) is 14.5 Å². The van der Waals surface area contributed by atoms with Crippen molar-refractivity contribution in [1.29, 1.82) is 0 Å². The van der Waals surface area contributed by atoms with Crippen molar-refractivity contribution in [2.75, 3.05) is 18.6 Å². The highest BCUT2D eigenvalue weighted by Crippen LogP contribution is 2.29. The van der Waals surface area contributed by atoms with Crippen molar-refractivity contribution >= 4 is 17.5 Å². The van der Waals surface area contributed by atoms with Gasteiger partial charge in [-0.15, -0.1) is 0 Å². The van der Waals surface area contributed by atoms with E-state index in [0.717, 1.165) is 0 Å². The lowest BCUT2D eigenvalue weighted by molar-refractivity contribution is -0.131. The molecule has 1 aliphatic rings. The normalized spacial score (nSPS) is 19.2. The summed E-state index contributed by atoms with van der Waals surface area (Å²) in [4.78, 5) is 25.3. The quantitative estimate of drug-likeness (QED) is 0.908. The molecule has 1 fully saturated rings. The van der Waals surface area contributed by atoms with Crippen LogP contribution in [0, 0.1) is 11.7 Å². The zero-order valence-corrected chi connectivity index (χ0v) is 11.6. The van der Waals surface area contributed by atoms with Crippen LogP contribution in [0.15, 0.2) is 18.2 Å². The maximum Gasteiger partial charge on any atom is 0.247 e. The Morgan fingerprint density at radius 3 is 2.70 bits per heavy atom. The monoisotopic (exact) mass is 280 g/mol. The van der Waals surface area contributed by atoms with E-state index in [4.69, 9.17) is 4.74 Å². The molecular weight excluding hydrogens is 263 g/mol. The van der Waals surface area contributed by atoms with Gasteiger partial charge in [0.1, 0.15) is 17.6 Å². The lowest BCUT2D eigenvalue weighted by Gasteiger charge is -2.37. The first-order valence-corrected chi connectivity index (χ1v) is 6.39. The van der Waals surface area contributed by atoms with E-state index < -0.39 is 11.9 Å². The van der Waals surface area contributed by atoms with Gasteiger partial charge in [0.05, 0.1) is 19.3 Å². The second-order valence-corrected chi connectivity index (χ2v) is 4.99. The van der Waals surface area contributed by atoms with Crippen LogP contribution in [-0.2, 0) is 9.59 Å². The van der Waals surface area contributed by atoms with Crippen molar-refractivity contribution < 1.29 is 18.7 Å². The Labute approximate surface area is 116 Å². The van der Waals surface area contributed by atoms with E-state index in [1.54, 1.807) is 0 Å². The molecule has 6 heteroatoms. The van der Waals surface area contributed by atoms with E-state index in [2.05, 4.69) is 5.32 Å². The van der Waals surface area contributed by atoms with Gasteiger partial charge in [-0.1, -0.05) is 13.8 Å². The largest absolute Gasteiger partial charge is 0.497 e. The number of piperazine rings is 1. The van der Waals surface area contributed by atoms with E-state index in [1.807, 2.05) is 13.8 Å². The molecule has 20 heavy (non-hydrogen) atoms. The van der Waals surface area contributed by atoms with Crippen LogP contribution >= 0.6 is 0 Å². The van der Waals surface area contributed by atoms with Crippen molar-refractivity contribution in [3.63, 3.8) is 0 Å². The Morgan fingerprint density at radius 1 is 1.40 bits per heavy atom. The number of rotatable bonds is 3. The zero-order valence-electron chi connectivity index (χ0n) is 11.6. The number of nitrogens with zero attached hydrogens (tertiary/aromatic N) is 1. The predicted octanol–water partition coefficient (Wildman–Crippen LogP) is 1.32. The first kappa shape index (κ1) is 14.3. The van der Waals surface area contributed by atoms with Crippen molar-refractivity contribution in [2.24, 2.45) is 5.92 Å². The number of hydrogen-bond acceptors (Lipinski definition) is 3. The molecule has 2 amide bonds. The summed E-state index contributed by atoms with van der Waals surface area (Å²) in [7, 11) is 1.46. The van der Waals surface area contributed by atoms with E-state index in [1.165, 1.54) is 30.2 Å². The molecule has 1 saturated heterocycles. The van der Waals surface area contributed by atoms with Crippen LogP contribution in [-0.4, -0.2) is 31.5 Å². The summed E-state index contributed by atoms with van der Waals surface area (Å²) in [6, 6.07) is 3.41. The maximum absolute atomic E-state index is 14.0. The molecule has 0 bridgehead atoms. The van der Waals surface area contributed by atoms with Gasteiger partial charge < -0.3 is 10.1 Å². The highest BCUT2D eigenvalue weighted by molar-refractivity contribution is 6.06. The molecule has 1 unspecified atom stereocenters. The number of carbonyl (C=O) groups excluding carboxylic acids is 2. The minimum absolute atomic E-state index is 0.0721. The second-order valence-electron chi connectivity index (χ2n) is 4.99. The van der Waals surface area contributed by atoms with E-state index >= 15 is 0 Å². The van der Waals surface area contributed by atoms with Crippen LogP contribution < -0.4 is 15.0 Å². The number of hydrogen-bond donors (Lipinski definition) is 1. The van der Waals surface area contributed by atoms with Crippen LogP contribution in [0.4, 0.5) is 10.1 Å². The van der Waals surface area contributed by atoms with E-state index in [9.17, 15) is 14.0 Å². The van der Waals surface area contributed by atoms with E-state index in [0.29, 0.717) is 5.75 Å². The van der Waals surface area contributed by atoms with Gasteiger partial charge in [0.2, 0.25) is 11.8 Å². The van der Waals surface area contributed by atoms with Crippen LogP contribution in [0.5, 0.6) is 5.75 Å². The number of benzene rings is 1. The molecule has 1 aromatic carbocycles. The Morgan fingerprint density at radius 2 is 2.10 bits per heavy atom. The Hall–Kier alpha value is -2.11. The van der Waals surface area contributed by atoms with Crippen LogP contribution in [0.1, 0.15) is 13.8 Å². The average Bonchev–Trinajstić information content (AvgIpc) is 2.41. The van der Waals surface area contributed by atoms with Crippen molar-refractivity contribution in [1.82, 2.24) is 5.32 Å². The third-order valence-corrected chi connectivity index (χ3v) is 3.27. The molecule has 0 aliphatic carbocycles. The minimum atomic E-state index is -0.724. The minimum Gasteiger partial charge on any atom is -0.497 e. The maximum atomic E-state index is 14.0. The van der Waals surface area contributed by atoms with Crippen LogP contribution in [0.2, 0.25) is 0 Å². The van der Waals surface area contributed by atoms with E-state index in [-0.39, 0.29) is 30.0 Å². The topological polar surface area (TPSA) is 58.6 Å². The Balaban J connectivity index is 2.51. The second kappa shape index (κ2) is 5.48. The van der Waals surface area contributed by atoms with Gasteiger partial charge in [0.15, 0.2) is 0 Å². The number of nitrogens with one attached hydrogen (secondary N) is 1. The Bertz CT molecular complexity index is 545. The van der Waals surface area contributed by atoms with Gasteiger partial charge in [-0.25, -0.2) is 4.39 Å². The lowest BCUT2D eigenvalue weighted by atomic mass is 9.98. The molecule has 0 radical (unpaired) electrons. The summed E-state index contributed by atoms with van der Waals surface area (Å²) in [5, 5.41) is 2.53. The van der Waals surface area contributed by atoms with Crippen LogP contribution in [0.3, 0.4) is 0 Å². The molecular formula is C14H17FN2O3.